The molecule has 0 aromatic heterocycles. The number of amides is 8. The molecular formula is C48H60F4N4O6. The van der Waals surface area contributed by atoms with Crippen LogP contribution in [0.15, 0.2) is 121 Å². The van der Waals surface area contributed by atoms with E-state index >= 15 is 0 Å². The SMILES string of the molecule is CC.CC.CC.CC.O=C1CC(=O)N([C@@H](F)Cc2ccccc2)C(=O)N1[C@@H](F)Cc1ccccc1.O=C1CC(=O)N([C@H](F)Cc2ccccc2)C(=O)N1[C@H](F)Cc1ccccc1. The lowest BCUT2D eigenvalue weighted by molar-refractivity contribution is -0.151. The molecule has 0 saturated carbocycles. The number of benzene rings is 4. The minimum absolute atomic E-state index is 0.226. The summed E-state index contributed by atoms with van der Waals surface area (Å²) in [6.45, 7) is 16.0. The summed E-state index contributed by atoms with van der Waals surface area (Å²) in [5.74, 6) is -3.85. The summed E-state index contributed by atoms with van der Waals surface area (Å²) in [5, 5.41) is 0. The second kappa shape index (κ2) is 29.1. The van der Waals surface area contributed by atoms with Crippen molar-refractivity contribution in [2.45, 2.75) is 119 Å². The van der Waals surface area contributed by atoms with E-state index < -0.39 is 73.7 Å². The number of urea groups is 2. The zero-order valence-corrected chi connectivity index (χ0v) is 36.8. The minimum atomic E-state index is -1.98. The molecule has 4 atom stereocenters. The van der Waals surface area contributed by atoms with Gasteiger partial charge in [0, 0.05) is 25.7 Å². The number of imide groups is 4. The number of rotatable bonds is 12. The second-order valence-electron chi connectivity index (χ2n) is 12.5. The average molecular weight is 865 g/mol. The Balaban J connectivity index is 0.000000534. The Bertz CT molecular complexity index is 1670. The fourth-order valence-corrected chi connectivity index (χ4v) is 5.96. The summed E-state index contributed by atoms with van der Waals surface area (Å²) >= 11 is 0. The van der Waals surface area contributed by atoms with Crippen LogP contribution in [0.3, 0.4) is 0 Å². The molecule has 0 spiro atoms. The lowest BCUT2D eigenvalue weighted by Crippen LogP contribution is -2.60. The van der Waals surface area contributed by atoms with Crippen molar-refractivity contribution in [3.05, 3.63) is 144 Å². The first kappa shape index (κ1) is 53.8. The molecule has 336 valence electrons. The molecule has 6 rings (SSSR count). The Labute approximate surface area is 363 Å². The van der Waals surface area contributed by atoms with E-state index in [4.69, 9.17) is 0 Å². The predicted molar refractivity (Wildman–Crippen MR) is 233 cm³/mol. The molecule has 4 aromatic rings. The predicted octanol–water partition coefficient (Wildman–Crippen LogP) is 10.6. The van der Waals surface area contributed by atoms with Crippen LogP contribution in [0.5, 0.6) is 0 Å². The Morgan fingerprint density at radius 1 is 0.339 bits per heavy atom. The van der Waals surface area contributed by atoms with Crippen LogP contribution in [0.25, 0.3) is 0 Å². The number of nitrogens with zero attached hydrogens (tertiary/aromatic N) is 4. The van der Waals surface area contributed by atoms with Gasteiger partial charge in [-0.2, -0.15) is 0 Å². The third-order valence-electron chi connectivity index (χ3n) is 8.61. The van der Waals surface area contributed by atoms with E-state index in [0.717, 1.165) is 0 Å². The van der Waals surface area contributed by atoms with E-state index in [-0.39, 0.29) is 25.7 Å². The standard InChI is InChI=1S/2C20H18F2N2O3.4C2H6/c2*21-16(11-14-7-3-1-4-8-14)23-18(25)13-19(26)24(20(23)27)17(22)12-15-9-5-2-6-10-15;4*1-2/h2*1-10,16-17H,11-13H2;4*1-2H3/t2*16-,17-;;;;/m10..../s1. The van der Waals surface area contributed by atoms with E-state index in [2.05, 4.69) is 0 Å². The van der Waals surface area contributed by atoms with Crippen molar-refractivity contribution in [1.29, 1.82) is 0 Å². The van der Waals surface area contributed by atoms with Gasteiger partial charge < -0.3 is 0 Å². The smallest absolute Gasteiger partial charge is 0.274 e. The number of carbonyl (C=O) groups is 6. The van der Waals surface area contributed by atoms with Crippen LogP contribution in [-0.2, 0) is 44.9 Å². The minimum Gasteiger partial charge on any atom is -0.274 e. The molecule has 2 heterocycles. The molecule has 0 unspecified atom stereocenters. The van der Waals surface area contributed by atoms with Crippen LogP contribution in [0.4, 0.5) is 27.2 Å². The largest absolute Gasteiger partial charge is 0.338 e. The molecule has 2 saturated heterocycles. The van der Waals surface area contributed by atoms with Gasteiger partial charge >= 0.3 is 12.1 Å². The molecule has 14 heteroatoms. The molecular weight excluding hydrogens is 805 g/mol. The van der Waals surface area contributed by atoms with Gasteiger partial charge in [-0.25, -0.2) is 46.8 Å². The summed E-state index contributed by atoms with van der Waals surface area (Å²) < 4.78 is 58.8. The van der Waals surface area contributed by atoms with Gasteiger partial charge in [-0.1, -0.05) is 177 Å². The first-order chi connectivity index (χ1) is 29.9. The summed E-state index contributed by atoms with van der Waals surface area (Å²) in [4.78, 5) is 74.7. The van der Waals surface area contributed by atoms with Gasteiger partial charge in [0.25, 0.3) is 0 Å². The second-order valence-corrected chi connectivity index (χ2v) is 12.5. The highest BCUT2D eigenvalue weighted by molar-refractivity contribution is 6.15. The number of carbonyl (C=O) groups excluding carboxylic acids is 6. The highest BCUT2D eigenvalue weighted by Gasteiger charge is 2.46. The Morgan fingerprint density at radius 2 is 0.500 bits per heavy atom. The summed E-state index contributed by atoms with van der Waals surface area (Å²) in [7, 11) is 0. The van der Waals surface area contributed by atoms with Crippen LogP contribution in [0.1, 0.15) is 90.5 Å². The molecule has 4 aromatic carbocycles. The van der Waals surface area contributed by atoms with E-state index in [1.54, 1.807) is 121 Å². The van der Waals surface area contributed by atoms with Gasteiger partial charge in [0.2, 0.25) is 23.6 Å². The first-order valence-electron chi connectivity index (χ1n) is 21.0. The van der Waals surface area contributed by atoms with Crippen molar-refractivity contribution in [3.8, 4) is 0 Å². The van der Waals surface area contributed by atoms with E-state index in [9.17, 15) is 46.3 Å². The van der Waals surface area contributed by atoms with Gasteiger partial charge in [-0.05, 0) is 22.3 Å². The third-order valence-corrected chi connectivity index (χ3v) is 8.61. The summed E-state index contributed by atoms with van der Waals surface area (Å²) in [6.07, 6.45) is -10.3. The van der Waals surface area contributed by atoms with Gasteiger partial charge in [0.1, 0.15) is 12.8 Å². The van der Waals surface area contributed by atoms with Crippen LogP contribution in [-0.4, -0.2) is 80.5 Å². The molecule has 2 aliphatic rings. The van der Waals surface area contributed by atoms with Crippen molar-refractivity contribution in [3.63, 3.8) is 0 Å². The Kier molecular flexibility index (Phi) is 25.3. The molecule has 2 aliphatic heterocycles. The molecule has 8 amide bonds. The third kappa shape index (κ3) is 15.7. The molecule has 62 heavy (non-hydrogen) atoms. The lowest BCUT2D eigenvalue weighted by atomic mass is 10.1. The van der Waals surface area contributed by atoms with Gasteiger partial charge in [0.05, 0.1) is 0 Å². The molecule has 2 fully saturated rings. The van der Waals surface area contributed by atoms with Gasteiger partial charge in [-0.3, -0.25) is 19.2 Å². The first-order valence-corrected chi connectivity index (χ1v) is 21.0. The zero-order valence-electron chi connectivity index (χ0n) is 36.8. The quantitative estimate of drug-likeness (QED) is 0.0796. The van der Waals surface area contributed by atoms with Crippen LogP contribution < -0.4 is 0 Å². The maximum absolute atomic E-state index is 14.7. The van der Waals surface area contributed by atoms with Crippen molar-refractivity contribution < 1.29 is 46.3 Å². The molecule has 10 nitrogen and oxygen atoms in total. The van der Waals surface area contributed by atoms with Crippen LogP contribution >= 0.6 is 0 Å². The number of hydrogen-bond acceptors (Lipinski definition) is 6. The Hall–Kier alpha value is -6.18. The number of barbiturate groups is 2. The van der Waals surface area contributed by atoms with Gasteiger partial charge in [0.15, 0.2) is 25.2 Å². The van der Waals surface area contributed by atoms with E-state index in [1.807, 2.05) is 55.4 Å². The molecule has 0 aliphatic carbocycles. The fraction of sp³-hybridized carbons (Fsp3) is 0.375. The molecule has 0 bridgehead atoms. The lowest BCUT2D eigenvalue weighted by Gasteiger charge is -2.35. The van der Waals surface area contributed by atoms with Crippen molar-refractivity contribution >= 4 is 35.7 Å². The topological polar surface area (TPSA) is 115 Å². The van der Waals surface area contributed by atoms with Crippen LogP contribution in [0.2, 0.25) is 0 Å². The monoisotopic (exact) mass is 864 g/mol. The maximum Gasteiger partial charge on any atom is 0.338 e. The molecule has 0 N–H and O–H groups in total. The summed E-state index contributed by atoms with van der Waals surface area (Å²) in [5.41, 5.74) is 2.32. The normalized spacial score (nSPS) is 15.4. The Morgan fingerprint density at radius 3 is 0.661 bits per heavy atom. The zero-order chi connectivity index (χ0) is 46.8. The highest BCUT2D eigenvalue weighted by atomic mass is 19.2. The maximum atomic E-state index is 14.7. The van der Waals surface area contributed by atoms with Crippen molar-refractivity contribution in [2.24, 2.45) is 0 Å². The number of alkyl halides is 4. The van der Waals surface area contributed by atoms with Crippen LogP contribution in [0, 0.1) is 0 Å². The van der Waals surface area contributed by atoms with Gasteiger partial charge in [-0.15, -0.1) is 0 Å². The average Bonchev–Trinajstić information content (AvgIpc) is 3.27. The van der Waals surface area contributed by atoms with E-state index in [0.29, 0.717) is 41.9 Å². The summed E-state index contributed by atoms with van der Waals surface area (Å²) in [6, 6.07) is 31.4. The van der Waals surface area contributed by atoms with Crippen molar-refractivity contribution in [1.82, 2.24) is 19.6 Å². The highest BCUT2D eigenvalue weighted by Crippen LogP contribution is 2.25. The van der Waals surface area contributed by atoms with Crippen molar-refractivity contribution in [2.75, 3.05) is 0 Å². The van der Waals surface area contributed by atoms with E-state index in [1.165, 1.54) is 0 Å². The molecule has 0 radical (unpaired) electrons. The number of halogens is 4. The number of hydrogen-bond donors (Lipinski definition) is 0. The fourth-order valence-electron chi connectivity index (χ4n) is 5.96.